The fourth-order valence-electron chi connectivity index (χ4n) is 1.72. The second kappa shape index (κ2) is 3.93. The number of furan rings is 1. The molecule has 0 radical (unpaired) electrons. The number of carbonyl (C=O) groups excluding carboxylic acids is 1. The Kier molecular flexibility index (Phi) is 2.59. The normalized spacial score (nSPS) is 10.5. The van der Waals surface area contributed by atoms with Crippen LogP contribution in [0, 0.1) is 6.92 Å². The summed E-state index contributed by atoms with van der Waals surface area (Å²) in [5, 5.41) is 9.55. The molecule has 0 atom stereocenters. The van der Waals surface area contributed by atoms with Gasteiger partial charge in [0, 0.05) is 10.9 Å². The van der Waals surface area contributed by atoms with Gasteiger partial charge < -0.3 is 14.3 Å². The number of fused-ring (bicyclic) bond motifs is 1. The maximum absolute atomic E-state index is 11.5. The molecule has 0 saturated carbocycles. The zero-order chi connectivity index (χ0) is 12.6. The summed E-state index contributed by atoms with van der Waals surface area (Å²) in [4.78, 5) is 22.4. The SMILES string of the molecule is COC(=O)c1cccc2c(C)c(C(=O)O)oc12. The third-order valence-corrected chi connectivity index (χ3v) is 2.56. The molecule has 5 heteroatoms. The third kappa shape index (κ3) is 1.65. The summed E-state index contributed by atoms with van der Waals surface area (Å²) in [6, 6.07) is 4.89. The van der Waals surface area contributed by atoms with E-state index < -0.39 is 11.9 Å². The summed E-state index contributed by atoms with van der Waals surface area (Å²) < 4.78 is 9.82. The highest BCUT2D eigenvalue weighted by molar-refractivity contribution is 6.05. The molecule has 0 fully saturated rings. The molecule has 0 aliphatic heterocycles. The van der Waals surface area contributed by atoms with E-state index in [9.17, 15) is 9.59 Å². The minimum absolute atomic E-state index is 0.156. The van der Waals surface area contributed by atoms with Crippen LogP contribution in [0.15, 0.2) is 22.6 Å². The molecule has 0 spiro atoms. The van der Waals surface area contributed by atoms with Crippen LogP contribution < -0.4 is 0 Å². The van der Waals surface area contributed by atoms with Gasteiger partial charge >= 0.3 is 11.9 Å². The summed E-state index contributed by atoms with van der Waals surface area (Å²) >= 11 is 0. The van der Waals surface area contributed by atoms with Crippen molar-refractivity contribution in [1.82, 2.24) is 0 Å². The van der Waals surface area contributed by atoms with E-state index in [2.05, 4.69) is 4.74 Å². The van der Waals surface area contributed by atoms with Crippen molar-refractivity contribution in [1.29, 1.82) is 0 Å². The van der Waals surface area contributed by atoms with E-state index in [-0.39, 0.29) is 16.9 Å². The largest absolute Gasteiger partial charge is 0.475 e. The van der Waals surface area contributed by atoms with E-state index in [1.165, 1.54) is 13.2 Å². The van der Waals surface area contributed by atoms with Gasteiger partial charge in [-0.25, -0.2) is 9.59 Å². The maximum atomic E-state index is 11.5. The fraction of sp³-hybridized carbons (Fsp3) is 0.167. The van der Waals surface area contributed by atoms with Gasteiger partial charge in [-0.2, -0.15) is 0 Å². The van der Waals surface area contributed by atoms with E-state index in [1.807, 2.05) is 0 Å². The minimum atomic E-state index is -1.16. The first kappa shape index (κ1) is 11.2. The average Bonchev–Trinajstić information content (AvgIpc) is 2.66. The van der Waals surface area contributed by atoms with E-state index >= 15 is 0 Å². The molecule has 0 aliphatic carbocycles. The number of aromatic carboxylic acids is 1. The Morgan fingerprint density at radius 1 is 1.35 bits per heavy atom. The quantitative estimate of drug-likeness (QED) is 0.806. The molecule has 17 heavy (non-hydrogen) atoms. The highest BCUT2D eigenvalue weighted by Gasteiger charge is 2.21. The zero-order valence-corrected chi connectivity index (χ0v) is 9.31. The van der Waals surface area contributed by atoms with Gasteiger partial charge in [-0.05, 0) is 13.0 Å². The van der Waals surface area contributed by atoms with Gasteiger partial charge in [0.1, 0.15) is 11.1 Å². The average molecular weight is 234 g/mol. The number of benzene rings is 1. The van der Waals surface area contributed by atoms with Crippen LogP contribution in [-0.2, 0) is 4.74 Å². The van der Waals surface area contributed by atoms with Crippen LogP contribution in [-0.4, -0.2) is 24.2 Å². The second-order valence-electron chi connectivity index (χ2n) is 3.54. The molecular weight excluding hydrogens is 224 g/mol. The van der Waals surface area contributed by atoms with Crippen molar-refractivity contribution < 1.29 is 23.8 Å². The molecule has 0 unspecified atom stereocenters. The molecule has 88 valence electrons. The minimum Gasteiger partial charge on any atom is -0.475 e. The lowest BCUT2D eigenvalue weighted by atomic mass is 10.1. The monoisotopic (exact) mass is 234 g/mol. The maximum Gasteiger partial charge on any atom is 0.372 e. The number of para-hydroxylation sites is 1. The molecule has 0 bridgehead atoms. The van der Waals surface area contributed by atoms with Crippen LogP contribution >= 0.6 is 0 Å². The number of hydrogen-bond donors (Lipinski definition) is 1. The second-order valence-corrected chi connectivity index (χ2v) is 3.54. The smallest absolute Gasteiger partial charge is 0.372 e. The molecule has 2 rings (SSSR count). The van der Waals surface area contributed by atoms with Crippen molar-refractivity contribution in [3.05, 3.63) is 35.1 Å². The first-order valence-corrected chi connectivity index (χ1v) is 4.90. The third-order valence-electron chi connectivity index (χ3n) is 2.56. The molecule has 0 saturated heterocycles. The van der Waals surface area contributed by atoms with E-state index in [0.29, 0.717) is 10.9 Å². The number of ether oxygens (including phenoxy) is 1. The van der Waals surface area contributed by atoms with Crippen molar-refractivity contribution in [2.45, 2.75) is 6.92 Å². The van der Waals surface area contributed by atoms with Gasteiger partial charge in [0.25, 0.3) is 0 Å². The predicted molar refractivity (Wildman–Crippen MR) is 59.2 cm³/mol. The Bertz CT molecular complexity index is 609. The lowest BCUT2D eigenvalue weighted by molar-refractivity contribution is 0.0597. The zero-order valence-electron chi connectivity index (χ0n) is 9.31. The van der Waals surface area contributed by atoms with Crippen molar-refractivity contribution in [2.75, 3.05) is 7.11 Å². The van der Waals surface area contributed by atoms with E-state index in [0.717, 1.165) is 0 Å². The van der Waals surface area contributed by atoms with Crippen LogP contribution in [0.2, 0.25) is 0 Å². The number of esters is 1. The summed E-state index contributed by atoms with van der Waals surface area (Å²) in [6.07, 6.45) is 0. The number of hydrogen-bond acceptors (Lipinski definition) is 4. The number of methoxy groups -OCH3 is 1. The van der Waals surface area contributed by atoms with Crippen LogP contribution in [0.5, 0.6) is 0 Å². The number of carboxylic acids is 1. The van der Waals surface area contributed by atoms with Crippen LogP contribution in [0.1, 0.15) is 26.5 Å². The van der Waals surface area contributed by atoms with Gasteiger partial charge in [-0.15, -0.1) is 0 Å². The summed E-state index contributed by atoms with van der Waals surface area (Å²) in [7, 11) is 1.26. The standard InChI is InChI=1S/C12H10O5/c1-6-7-4-3-5-8(12(15)16-2)10(7)17-9(6)11(13)14/h3-5H,1-2H3,(H,13,14). The Morgan fingerprint density at radius 2 is 2.06 bits per heavy atom. The van der Waals surface area contributed by atoms with Crippen molar-refractivity contribution in [3.63, 3.8) is 0 Å². The topological polar surface area (TPSA) is 76.7 Å². The first-order valence-electron chi connectivity index (χ1n) is 4.90. The molecular formula is C12H10O5. The lowest BCUT2D eigenvalue weighted by Gasteiger charge is -1.99. The van der Waals surface area contributed by atoms with Gasteiger partial charge in [0.05, 0.1) is 7.11 Å². The van der Waals surface area contributed by atoms with E-state index in [1.54, 1.807) is 19.1 Å². The lowest BCUT2D eigenvalue weighted by Crippen LogP contribution is -2.00. The molecule has 1 heterocycles. The van der Waals surface area contributed by atoms with Gasteiger partial charge in [-0.3, -0.25) is 0 Å². The molecule has 1 aromatic carbocycles. The Hall–Kier alpha value is -2.30. The van der Waals surface area contributed by atoms with Gasteiger partial charge in [-0.1, -0.05) is 12.1 Å². The number of carboxylic acid groups (broad SMARTS) is 1. The number of rotatable bonds is 2. The van der Waals surface area contributed by atoms with Crippen molar-refractivity contribution in [3.8, 4) is 0 Å². The highest BCUT2D eigenvalue weighted by atomic mass is 16.5. The Morgan fingerprint density at radius 3 is 2.65 bits per heavy atom. The Balaban J connectivity index is 2.77. The molecule has 2 aromatic rings. The number of aryl methyl sites for hydroxylation is 1. The number of carbonyl (C=O) groups is 2. The molecule has 1 aromatic heterocycles. The highest BCUT2D eigenvalue weighted by Crippen LogP contribution is 2.28. The van der Waals surface area contributed by atoms with Crippen LogP contribution in [0.25, 0.3) is 11.0 Å². The fourth-order valence-corrected chi connectivity index (χ4v) is 1.72. The predicted octanol–water partition coefficient (Wildman–Crippen LogP) is 2.23. The summed E-state index contributed by atoms with van der Waals surface area (Å²) in [6.45, 7) is 1.64. The molecule has 0 aliphatic rings. The van der Waals surface area contributed by atoms with Gasteiger partial charge in [0.15, 0.2) is 0 Å². The Labute approximate surface area is 96.6 Å². The van der Waals surface area contributed by atoms with Gasteiger partial charge in [0.2, 0.25) is 5.76 Å². The van der Waals surface area contributed by atoms with Crippen LogP contribution in [0.4, 0.5) is 0 Å². The molecule has 5 nitrogen and oxygen atoms in total. The van der Waals surface area contributed by atoms with Crippen molar-refractivity contribution >= 4 is 22.9 Å². The molecule has 0 amide bonds. The summed E-state index contributed by atoms with van der Waals surface area (Å²) in [5.74, 6) is -1.87. The van der Waals surface area contributed by atoms with Crippen LogP contribution in [0.3, 0.4) is 0 Å². The first-order chi connectivity index (χ1) is 8.06. The van der Waals surface area contributed by atoms with E-state index in [4.69, 9.17) is 9.52 Å². The summed E-state index contributed by atoms with van der Waals surface area (Å²) in [5.41, 5.74) is 0.966. The molecule has 1 N–H and O–H groups in total. The van der Waals surface area contributed by atoms with Crippen molar-refractivity contribution in [2.24, 2.45) is 0 Å².